The molecule has 36 heavy (non-hydrogen) atoms. The summed E-state index contributed by atoms with van der Waals surface area (Å²) in [4.78, 5) is 23.4. The second kappa shape index (κ2) is 8.30. The molecule has 2 amide bonds. The molecule has 0 unspecified atom stereocenters. The number of halogens is 3. The number of alkyl halides is 3. The molecule has 0 spiro atoms. The number of amides is 2. The van der Waals surface area contributed by atoms with E-state index in [-0.39, 0.29) is 21.6 Å². The van der Waals surface area contributed by atoms with Gasteiger partial charge in [0.05, 0.1) is 4.91 Å². The zero-order valence-corrected chi connectivity index (χ0v) is 20.0. The smallest absolute Gasteiger partial charge is 0.508 e. The van der Waals surface area contributed by atoms with E-state index in [1.165, 1.54) is 37.5 Å². The lowest BCUT2D eigenvalue weighted by molar-refractivity contribution is -0.274. The van der Waals surface area contributed by atoms with E-state index >= 15 is 0 Å². The van der Waals surface area contributed by atoms with Gasteiger partial charge in [-0.05, 0) is 109 Å². The summed E-state index contributed by atoms with van der Waals surface area (Å²) in [6.07, 6.45) is 3.17. The molecule has 2 N–H and O–H groups in total. The molecular formula is C27H24F3NO4S. The van der Waals surface area contributed by atoms with Crippen molar-refractivity contribution in [3.05, 3.63) is 52.4 Å². The third-order valence-electron chi connectivity index (χ3n) is 8.09. The van der Waals surface area contributed by atoms with Gasteiger partial charge in [0.1, 0.15) is 11.5 Å². The van der Waals surface area contributed by atoms with Crippen LogP contribution in [0.2, 0.25) is 0 Å². The zero-order valence-electron chi connectivity index (χ0n) is 19.2. The van der Waals surface area contributed by atoms with Crippen molar-refractivity contribution in [2.75, 3.05) is 0 Å². The summed E-state index contributed by atoms with van der Waals surface area (Å²) in [5.74, 6) is 1.13. The van der Waals surface area contributed by atoms with E-state index in [9.17, 15) is 27.9 Å². The maximum Gasteiger partial charge on any atom is 0.573 e. The number of carbonyl (C=O) groups is 2. The van der Waals surface area contributed by atoms with E-state index in [2.05, 4.69) is 10.1 Å². The highest BCUT2D eigenvalue weighted by molar-refractivity contribution is 8.18. The van der Waals surface area contributed by atoms with Crippen LogP contribution in [-0.4, -0.2) is 22.6 Å². The van der Waals surface area contributed by atoms with Crippen LogP contribution in [0, 0.1) is 17.8 Å². The van der Waals surface area contributed by atoms with Crippen LogP contribution in [0.15, 0.2) is 41.3 Å². The van der Waals surface area contributed by atoms with E-state index in [0.29, 0.717) is 40.6 Å². The van der Waals surface area contributed by atoms with Crippen LogP contribution in [0.1, 0.15) is 49.7 Å². The third kappa shape index (κ3) is 4.27. The largest absolute Gasteiger partial charge is 0.573 e. The average molecular weight is 516 g/mol. The summed E-state index contributed by atoms with van der Waals surface area (Å²) in [5, 5.41) is 12.5. The first-order chi connectivity index (χ1) is 17.1. The molecule has 188 valence electrons. The minimum Gasteiger partial charge on any atom is -0.508 e. The fourth-order valence-corrected chi connectivity index (χ4v) is 7.90. The van der Waals surface area contributed by atoms with Crippen molar-refractivity contribution in [2.24, 2.45) is 17.8 Å². The Morgan fingerprint density at radius 3 is 2.25 bits per heavy atom. The number of aromatic hydroxyl groups is 1. The number of thioether (sulfide) groups is 1. The van der Waals surface area contributed by atoms with Crippen LogP contribution in [0.4, 0.5) is 18.0 Å². The Morgan fingerprint density at radius 2 is 1.67 bits per heavy atom. The van der Waals surface area contributed by atoms with Gasteiger partial charge in [0.25, 0.3) is 11.1 Å². The fourth-order valence-electron chi connectivity index (χ4n) is 7.22. The maximum absolute atomic E-state index is 13.3. The lowest BCUT2D eigenvalue weighted by atomic mass is 9.48. The van der Waals surface area contributed by atoms with E-state index in [0.717, 1.165) is 24.8 Å². The van der Waals surface area contributed by atoms with Crippen LogP contribution in [0.5, 0.6) is 11.5 Å². The highest BCUT2D eigenvalue weighted by Crippen LogP contribution is 2.62. The van der Waals surface area contributed by atoms with Crippen LogP contribution < -0.4 is 10.1 Å². The molecule has 2 aromatic carbocycles. The second-order valence-corrected chi connectivity index (χ2v) is 11.6. The van der Waals surface area contributed by atoms with Gasteiger partial charge in [0.15, 0.2) is 0 Å². The Hall–Kier alpha value is -2.94. The molecule has 0 radical (unpaired) electrons. The first kappa shape index (κ1) is 23.5. The molecule has 4 aliphatic carbocycles. The number of rotatable bonds is 4. The molecule has 4 bridgehead atoms. The van der Waals surface area contributed by atoms with Gasteiger partial charge in [-0.1, -0.05) is 18.2 Å². The fraction of sp³-hybridized carbons (Fsp3) is 0.407. The SMILES string of the molecule is O=C1NC(=O)C(=Cc2ccc(-c3ccc(O)c(C45CC6CC(CC(C6)C4)C5)c3)c(OC(F)(F)F)c2)S1. The number of imide groups is 1. The molecule has 0 atom stereocenters. The lowest BCUT2D eigenvalue weighted by Gasteiger charge is -2.57. The highest BCUT2D eigenvalue weighted by atomic mass is 32.2. The standard InChI is InChI=1S/C27H24F3NO4S/c28-27(29,30)35-22-8-14(9-23-24(33)31-25(34)36-23)1-3-19(22)18-2-4-21(32)20(10-18)26-11-15-5-16(12-26)7-17(6-15)13-26/h1-4,8-10,15-17,32H,5-7,11-13H2,(H,31,33,34). The summed E-state index contributed by atoms with van der Waals surface area (Å²) in [6, 6.07) is 9.32. The first-order valence-corrected chi connectivity index (χ1v) is 12.9. The number of phenols is 1. The monoisotopic (exact) mass is 515 g/mol. The summed E-state index contributed by atoms with van der Waals surface area (Å²) in [6.45, 7) is 0. The number of hydrogen-bond donors (Lipinski definition) is 2. The molecule has 5 fully saturated rings. The lowest BCUT2D eigenvalue weighted by Crippen LogP contribution is -2.48. The van der Waals surface area contributed by atoms with E-state index in [4.69, 9.17) is 0 Å². The molecule has 0 aromatic heterocycles. The molecule has 2 aromatic rings. The Morgan fingerprint density at radius 1 is 1.00 bits per heavy atom. The van der Waals surface area contributed by atoms with Gasteiger partial charge in [-0.15, -0.1) is 13.2 Å². The Labute approximate surface area is 210 Å². The predicted octanol–water partition coefficient (Wildman–Crippen LogP) is 6.75. The average Bonchev–Trinajstić information content (AvgIpc) is 3.09. The summed E-state index contributed by atoms with van der Waals surface area (Å²) in [7, 11) is 0. The molecule has 7 rings (SSSR count). The van der Waals surface area contributed by atoms with Gasteiger partial charge >= 0.3 is 6.36 Å². The Balaban J connectivity index is 1.40. The van der Waals surface area contributed by atoms with E-state index < -0.39 is 23.3 Å². The van der Waals surface area contributed by atoms with Crippen molar-refractivity contribution in [1.29, 1.82) is 0 Å². The number of ether oxygens (including phenoxy) is 1. The summed E-state index contributed by atoms with van der Waals surface area (Å²) >= 11 is 0.689. The second-order valence-electron chi connectivity index (χ2n) is 10.6. The quantitative estimate of drug-likeness (QED) is 0.441. The van der Waals surface area contributed by atoms with Crippen molar-refractivity contribution in [1.82, 2.24) is 5.32 Å². The molecule has 1 saturated heterocycles. The number of phenolic OH excluding ortho intramolecular Hbond substituents is 1. The predicted molar refractivity (Wildman–Crippen MR) is 129 cm³/mol. The molecule has 9 heteroatoms. The molecule has 5 nitrogen and oxygen atoms in total. The van der Waals surface area contributed by atoms with Crippen molar-refractivity contribution >= 4 is 29.0 Å². The number of benzene rings is 2. The number of carbonyl (C=O) groups excluding carboxylic acids is 2. The van der Waals surface area contributed by atoms with Gasteiger partial charge in [-0.2, -0.15) is 0 Å². The first-order valence-electron chi connectivity index (χ1n) is 12.1. The van der Waals surface area contributed by atoms with Crippen molar-refractivity contribution in [2.45, 2.75) is 50.3 Å². The molecule has 1 heterocycles. The van der Waals surface area contributed by atoms with Crippen LogP contribution in [0.25, 0.3) is 17.2 Å². The van der Waals surface area contributed by atoms with Gasteiger partial charge in [-0.3, -0.25) is 14.9 Å². The molecule has 4 saturated carbocycles. The van der Waals surface area contributed by atoms with E-state index in [1.54, 1.807) is 18.2 Å². The highest BCUT2D eigenvalue weighted by Gasteiger charge is 2.52. The maximum atomic E-state index is 13.3. The van der Waals surface area contributed by atoms with Crippen molar-refractivity contribution in [3.63, 3.8) is 0 Å². The van der Waals surface area contributed by atoms with Gasteiger partial charge < -0.3 is 9.84 Å². The van der Waals surface area contributed by atoms with Crippen LogP contribution in [-0.2, 0) is 10.2 Å². The van der Waals surface area contributed by atoms with Crippen LogP contribution in [0.3, 0.4) is 0 Å². The van der Waals surface area contributed by atoms with Gasteiger partial charge in [-0.25, -0.2) is 0 Å². The van der Waals surface area contributed by atoms with Crippen LogP contribution >= 0.6 is 11.8 Å². The number of nitrogens with one attached hydrogen (secondary N) is 1. The normalized spacial score (nSPS) is 30.2. The topological polar surface area (TPSA) is 75.6 Å². The zero-order chi connectivity index (χ0) is 25.2. The van der Waals surface area contributed by atoms with Crippen molar-refractivity contribution < 1.29 is 32.6 Å². The number of hydrogen-bond acceptors (Lipinski definition) is 5. The van der Waals surface area contributed by atoms with E-state index in [1.807, 2.05) is 6.07 Å². The third-order valence-corrected chi connectivity index (χ3v) is 8.90. The van der Waals surface area contributed by atoms with Crippen molar-refractivity contribution in [3.8, 4) is 22.6 Å². The summed E-state index contributed by atoms with van der Waals surface area (Å²) < 4.78 is 44.4. The Bertz CT molecular complexity index is 1270. The molecule has 1 aliphatic heterocycles. The molecular weight excluding hydrogens is 491 g/mol. The van der Waals surface area contributed by atoms with Gasteiger partial charge in [0, 0.05) is 11.1 Å². The minimum atomic E-state index is -4.92. The Kier molecular flexibility index (Phi) is 5.41. The minimum absolute atomic E-state index is 0.0967. The summed E-state index contributed by atoms with van der Waals surface area (Å²) in [5.41, 5.74) is 1.75. The molecule has 5 aliphatic rings. The van der Waals surface area contributed by atoms with Gasteiger partial charge in [0.2, 0.25) is 0 Å².